The highest BCUT2D eigenvalue weighted by molar-refractivity contribution is 5.18. The fraction of sp³-hybridized carbons (Fsp3) is 0.786. The average molecular weight is 264 g/mol. The third kappa shape index (κ3) is 3.86. The number of ether oxygens (including phenoxy) is 1. The number of nitrogen functional groups attached to an aromatic ring is 1. The highest BCUT2D eigenvalue weighted by Gasteiger charge is 2.20. The molecular formula is C14H24N4O. The molecule has 1 saturated carbocycles. The van der Waals surface area contributed by atoms with Crippen molar-refractivity contribution in [3.05, 3.63) is 11.6 Å². The molecular weight excluding hydrogens is 240 g/mol. The molecule has 1 heterocycles. The van der Waals surface area contributed by atoms with Crippen LogP contribution in [0.5, 0.6) is 0 Å². The van der Waals surface area contributed by atoms with E-state index in [-0.39, 0.29) is 6.10 Å². The minimum Gasteiger partial charge on any atom is -0.371 e. The molecule has 0 amide bonds. The SMILES string of the molecule is CCOC(C)c1nc(N)nc(C2CCCCCC2)n1. The van der Waals surface area contributed by atoms with Gasteiger partial charge in [-0.25, -0.2) is 4.98 Å². The number of anilines is 1. The lowest BCUT2D eigenvalue weighted by atomic mass is 9.99. The van der Waals surface area contributed by atoms with E-state index in [0.717, 1.165) is 18.7 Å². The van der Waals surface area contributed by atoms with Crippen molar-refractivity contribution in [3.63, 3.8) is 0 Å². The van der Waals surface area contributed by atoms with Crippen LogP contribution in [-0.2, 0) is 4.74 Å². The first-order chi connectivity index (χ1) is 9.20. The number of nitrogens with two attached hydrogens (primary N) is 1. The number of hydrogen-bond acceptors (Lipinski definition) is 5. The van der Waals surface area contributed by atoms with Crippen LogP contribution in [0.25, 0.3) is 0 Å². The van der Waals surface area contributed by atoms with E-state index in [2.05, 4.69) is 15.0 Å². The Kier molecular flexibility index (Phi) is 5.07. The van der Waals surface area contributed by atoms with E-state index in [1.54, 1.807) is 0 Å². The Labute approximate surface area is 115 Å². The zero-order valence-electron chi connectivity index (χ0n) is 11.9. The molecule has 2 rings (SSSR count). The first-order valence-electron chi connectivity index (χ1n) is 7.33. The molecule has 19 heavy (non-hydrogen) atoms. The van der Waals surface area contributed by atoms with Gasteiger partial charge in [0, 0.05) is 12.5 Å². The molecule has 0 aromatic carbocycles. The predicted octanol–water partition coefficient (Wildman–Crippen LogP) is 2.99. The minimum absolute atomic E-state index is 0.125. The summed E-state index contributed by atoms with van der Waals surface area (Å²) in [7, 11) is 0. The number of nitrogens with zero attached hydrogens (tertiary/aromatic N) is 3. The largest absolute Gasteiger partial charge is 0.371 e. The van der Waals surface area contributed by atoms with Gasteiger partial charge >= 0.3 is 0 Å². The van der Waals surface area contributed by atoms with Crippen LogP contribution in [0.4, 0.5) is 5.95 Å². The second-order valence-electron chi connectivity index (χ2n) is 5.20. The summed E-state index contributed by atoms with van der Waals surface area (Å²) >= 11 is 0. The van der Waals surface area contributed by atoms with Crippen LogP contribution in [0.15, 0.2) is 0 Å². The summed E-state index contributed by atoms with van der Waals surface area (Å²) in [6, 6.07) is 0. The fourth-order valence-corrected chi connectivity index (χ4v) is 2.65. The van der Waals surface area contributed by atoms with Gasteiger partial charge in [-0.2, -0.15) is 9.97 Å². The molecule has 0 saturated heterocycles. The zero-order chi connectivity index (χ0) is 13.7. The van der Waals surface area contributed by atoms with Crippen LogP contribution in [0, 0.1) is 0 Å². The first kappa shape index (κ1) is 14.2. The molecule has 1 atom stereocenters. The zero-order valence-corrected chi connectivity index (χ0v) is 11.9. The lowest BCUT2D eigenvalue weighted by molar-refractivity contribution is 0.0697. The van der Waals surface area contributed by atoms with Crippen molar-refractivity contribution in [2.45, 2.75) is 64.4 Å². The molecule has 0 aliphatic heterocycles. The van der Waals surface area contributed by atoms with Gasteiger partial charge in [0.15, 0.2) is 5.82 Å². The third-order valence-electron chi connectivity index (χ3n) is 3.69. The maximum absolute atomic E-state index is 5.82. The summed E-state index contributed by atoms with van der Waals surface area (Å²) in [5.74, 6) is 2.26. The predicted molar refractivity (Wildman–Crippen MR) is 74.7 cm³/mol. The van der Waals surface area contributed by atoms with Crippen molar-refractivity contribution in [2.75, 3.05) is 12.3 Å². The van der Waals surface area contributed by atoms with E-state index >= 15 is 0 Å². The molecule has 0 bridgehead atoms. The van der Waals surface area contributed by atoms with Crippen LogP contribution in [0.1, 0.15) is 76.0 Å². The monoisotopic (exact) mass is 264 g/mol. The fourth-order valence-electron chi connectivity index (χ4n) is 2.65. The minimum atomic E-state index is -0.125. The number of aromatic nitrogens is 3. The van der Waals surface area contributed by atoms with Gasteiger partial charge in [-0.15, -0.1) is 0 Å². The Hall–Kier alpha value is -1.23. The molecule has 5 nitrogen and oxygen atoms in total. The Morgan fingerprint density at radius 1 is 1.16 bits per heavy atom. The highest BCUT2D eigenvalue weighted by Crippen LogP contribution is 2.30. The summed E-state index contributed by atoms with van der Waals surface area (Å²) < 4.78 is 5.54. The Morgan fingerprint density at radius 2 is 1.84 bits per heavy atom. The van der Waals surface area contributed by atoms with Crippen molar-refractivity contribution in [2.24, 2.45) is 0 Å². The van der Waals surface area contributed by atoms with E-state index < -0.39 is 0 Å². The van der Waals surface area contributed by atoms with E-state index in [1.165, 1.54) is 25.7 Å². The summed E-state index contributed by atoms with van der Waals surface area (Å²) in [5, 5.41) is 0. The van der Waals surface area contributed by atoms with Crippen LogP contribution in [0.2, 0.25) is 0 Å². The van der Waals surface area contributed by atoms with Crippen LogP contribution >= 0.6 is 0 Å². The Bertz CT molecular complexity index is 402. The molecule has 1 aromatic heterocycles. The normalized spacial score (nSPS) is 19.1. The maximum Gasteiger partial charge on any atom is 0.223 e. The third-order valence-corrected chi connectivity index (χ3v) is 3.69. The number of hydrogen-bond donors (Lipinski definition) is 1. The van der Waals surface area contributed by atoms with E-state index in [0.29, 0.717) is 24.3 Å². The van der Waals surface area contributed by atoms with Gasteiger partial charge in [0.1, 0.15) is 11.9 Å². The van der Waals surface area contributed by atoms with Crippen molar-refractivity contribution in [1.29, 1.82) is 0 Å². The standard InChI is InChI=1S/C14H24N4O/c1-3-19-10(2)12-16-13(18-14(15)17-12)11-8-6-4-5-7-9-11/h10-11H,3-9H2,1-2H3,(H2,15,16,17,18). The van der Waals surface area contributed by atoms with E-state index in [4.69, 9.17) is 10.5 Å². The topological polar surface area (TPSA) is 73.9 Å². The first-order valence-corrected chi connectivity index (χ1v) is 7.33. The molecule has 1 fully saturated rings. The lowest BCUT2D eigenvalue weighted by Gasteiger charge is -2.16. The van der Waals surface area contributed by atoms with Gasteiger partial charge in [-0.3, -0.25) is 0 Å². The summed E-state index contributed by atoms with van der Waals surface area (Å²) in [6.07, 6.45) is 7.34. The van der Waals surface area contributed by atoms with Gasteiger partial charge in [0.05, 0.1) is 0 Å². The van der Waals surface area contributed by atoms with Gasteiger partial charge in [0.2, 0.25) is 5.95 Å². The lowest BCUT2D eigenvalue weighted by Crippen LogP contribution is -2.14. The highest BCUT2D eigenvalue weighted by atomic mass is 16.5. The van der Waals surface area contributed by atoms with Crippen LogP contribution in [0.3, 0.4) is 0 Å². The average Bonchev–Trinajstić information content (AvgIpc) is 2.67. The molecule has 5 heteroatoms. The molecule has 2 N–H and O–H groups in total. The maximum atomic E-state index is 5.82. The summed E-state index contributed by atoms with van der Waals surface area (Å²) in [4.78, 5) is 13.1. The van der Waals surface area contributed by atoms with Gasteiger partial charge < -0.3 is 10.5 Å². The molecule has 0 spiro atoms. The van der Waals surface area contributed by atoms with Gasteiger partial charge in [0.25, 0.3) is 0 Å². The van der Waals surface area contributed by atoms with E-state index in [9.17, 15) is 0 Å². The smallest absolute Gasteiger partial charge is 0.223 e. The Balaban J connectivity index is 2.19. The van der Waals surface area contributed by atoms with Crippen LogP contribution < -0.4 is 5.73 Å². The van der Waals surface area contributed by atoms with Crippen LogP contribution in [-0.4, -0.2) is 21.6 Å². The second-order valence-corrected chi connectivity index (χ2v) is 5.20. The van der Waals surface area contributed by atoms with Gasteiger partial charge in [-0.05, 0) is 26.7 Å². The van der Waals surface area contributed by atoms with Crippen molar-refractivity contribution >= 4 is 5.95 Å². The molecule has 106 valence electrons. The van der Waals surface area contributed by atoms with Crippen molar-refractivity contribution in [1.82, 2.24) is 15.0 Å². The molecule has 1 aliphatic rings. The quantitative estimate of drug-likeness (QED) is 0.846. The molecule has 1 unspecified atom stereocenters. The Morgan fingerprint density at radius 3 is 2.47 bits per heavy atom. The van der Waals surface area contributed by atoms with Crippen molar-refractivity contribution < 1.29 is 4.74 Å². The van der Waals surface area contributed by atoms with E-state index in [1.807, 2.05) is 13.8 Å². The summed E-state index contributed by atoms with van der Waals surface area (Å²) in [6.45, 7) is 4.56. The summed E-state index contributed by atoms with van der Waals surface area (Å²) in [5.41, 5.74) is 5.82. The van der Waals surface area contributed by atoms with Crippen molar-refractivity contribution in [3.8, 4) is 0 Å². The molecule has 1 aliphatic carbocycles. The number of rotatable bonds is 4. The second kappa shape index (κ2) is 6.80. The molecule has 1 aromatic rings. The molecule has 0 radical (unpaired) electrons. The van der Waals surface area contributed by atoms with Gasteiger partial charge in [-0.1, -0.05) is 25.7 Å².